The molecular weight excluding hydrogens is 292 g/mol. The van der Waals surface area contributed by atoms with E-state index in [4.69, 9.17) is 0 Å². The van der Waals surface area contributed by atoms with E-state index < -0.39 is 0 Å². The Bertz CT molecular complexity index is 584. The van der Waals surface area contributed by atoms with E-state index in [-0.39, 0.29) is 17.5 Å². The normalized spacial score (nSPS) is 10.4. The Kier molecular flexibility index (Phi) is 5.75. The quantitative estimate of drug-likeness (QED) is 0.630. The van der Waals surface area contributed by atoms with Gasteiger partial charge in [0, 0.05) is 17.0 Å². The van der Waals surface area contributed by atoms with Crippen molar-refractivity contribution in [1.82, 2.24) is 0 Å². The lowest BCUT2D eigenvalue weighted by Crippen LogP contribution is -2.11. The molecule has 0 aliphatic heterocycles. The molecule has 0 saturated heterocycles. The first-order valence-corrected chi connectivity index (χ1v) is 7.56. The van der Waals surface area contributed by atoms with Crippen LogP contribution in [0.1, 0.15) is 12.8 Å². The zero-order valence-corrected chi connectivity index (χ0v) is 12.1. The first-order chi connectivity index (χ1) is 10.1. The van der Waals surface area contributed by atoms with Crippen molar-refractivity contribution in [2.24, 2.45) is 0 Å². The number of benzene rings is 2. The summed E-state index contributed by atoms with van der Waals surface area (Å²) in [6, 6.07) is 11.9. The van der Waals surface area contributed by atoms with Crippen LogP contribution in [0.4, 0.5) is 14.5 Å². The minimum absolute atomic E-state index is 0.0960. The zero-order valence-electron chi connectivity index (χ0n) is 11.3. The molecule has 0 spiro atoms. The monoisotopic (exact) mass is 307 g/mol. The maximum Gasteiger partial charge on any atom is 0.224 e. The predicted molar refractivity (Wildman–Crippen MR) is 81.4 cm³/mol. The average Bonchev–Trinajstić information content (AvgIpc) is 2.48. The van der Waals surface area contributed by atoms with Crippen molar-refractivity contribution >= 4 is 23.4 Å². The Hall–Kier alpha value is -1.88. The van der Waals surface area contributed by atoms with Gasteiger partial charge in [-0.25, -0.2) is 8.78 Å². The van der Waals surface area contributed by atoms with E-state index in [1.54, 1.807) is 23.9 Å². The molecule has 1 amide bonds. The van der Waals surface area contributed by atoms with E-state index in [1.807, 2.05) is 0 Å². The SMILES string of the molecule is O=C(CCCSc1ccc(F)cc1)Nc1ccc(F)cc1. The second kappa shape index (κ2) is 7.78. The van der Waals surface area contributed by atoms with E-state index in [0.717, 1.165) is 17.1 Å². The summed E-state index contributed by atoms with van der Waals surface area (Å²) in [6.45, 7) is 0. The van der Waals surface area contributed by atoms with Crippen LogP contribution in [0.25, 0.3) is 0 Å². The Morgan fingerprint density at radius 1 is 0.952 bits per heavy atom. The second-order valence-corrected chi connectivity index (χ2v) is 5.63. The number of carbonyl (C=O) groups excluding carboxylic acids is 1. The van der Waals surface area contributed by atoms with Crippen molar-refractivity contribution in [3.63, 3.8) is 0 Å². The van der Waals surface area contributed by atoms with Gasteiger partial charge in [0.25, 0.3) is 0 Å². The maximum atomic E-state index is 12.7. The molecule has 2 nitrogen and oxygen atoms in total. The molecule has 0 unspecified atom stereocenters. The van der Waals surface area contributed by atoms with Gasteiger partial charge in [0.2, 0.25) is 5.91 Å². The average molecular weight is 307 g/mol. The van der Waals surface area contributed by atoms with Crippen LogP contribution in [-0.2, 0) is 4.79 Å². The van der Waals surface area contributed by atoms with Crippen molar-refractivity contribution in [3.8, 4) is 0 Å². The summed E-state index contributed by atoms with van der Waals surface area (Å²) in [5.74, 6) is 0.102. The first-order valence-electron chi connectivity index (χ1n) is 6.57. The Balaban J connectivity index is 1.67. The van der Waals surface area contributed by atoms with E-state index in [0.29, 0.717) is 12.1 Å². The standard InChI is InChI=1S/C16H15F2NOS/c17-12-3-7-14(8-4-12)19-16(20)2-1-11-21-15-9-5-13(18)6-10-15/h3-10H,1-2,11H2,(H,19,20). The zero-order chi connectivity index (χ0) is 15.1. The number of carbonyl (C=O) groups is 1. The van der Waals surface area contributed by atoms with Crippen LogP contribution in [0.15, 0.2) is 53.4 Å². The highest BCUT2D eigenvalue weighted by molar-refractivity contribution is 7.99. The van der Waals surface area contributed by atoms with Crippen LogP contribution in [0.3, 0.4) is 0 Å². The third kappa shape index (κ3) is 5.55. The Morgan fingerprint density at radius 3 is 2.14 bits per heavy atom. The van der Waals surface area contributed by atoms with Crippen LogP contribution in [0, 0.1) is 11.6 Å². The Labute approximate surface area is 126 Å². The predicted octanol–water partition coefficient (Wildman–Crippen LogP) is 4.48. The summed E-state index contributed by atoms with van der Waals surface area (Å²) in [4.78, 5) is 12.7. The summed E-state index contributed by atoms with van der Waals surface area (Å²) in [5, 5.41) is 2.71. The third-order valence-electron chi connectivity index (χ3n) is 2.76. The molecule has 0 radical (unpaired) electrons. The van der Waals surface area contributed by atoms with Crippen molar-refractivity contribution < 1.29 is 13.6 Å². The molecule has 2 aromatic carbocycles. The molecule has 110 valence electrons. The lowest BCUT2D eigenvalue weighted by Gasteiger charge is -2.05. The maximum absolute atomic E-state index is 12.7. The van der Waals surface area contributed by atoms with Gasteiger partial charge < -0.3 is 5.32 Å². The van der Waals surface area contributed by atoms with Crippen LogP contribution in [-0.4, -0.2) is 11.7 Å². The van der Waals surface area contributed by atoms with Gasteiger partial charge in [-0.2, -0.15) is 0 Å². The molecule has 0 aliphatic rings. The minimum Gasteiger partial charge on any atom is -0.326 e. The molecule has 2 aromatic rings. The molecule has 21 heavy (non-hydrogen) atoms. The largest absolute Gasteiger partial charge is 0.326 e. The lowest BCUT2D eigenvalue weighted by molar-refractivity contribution is -0.116. The molecule has 0 fully saturated rings. The van der Waals surface area contributed by atoms with Crippen molar-refractivity contribution in [1.29, 1.82) is 0 Å². The number of amides is 1. The summed E-state index contributed by atoms with van der Waals surface area (Å²) in [5.41, 5.74) is 0.590. The highest BCUT2D eigenvalue weighted by Gasteiger charge is 2.03. The highest BCUT2D eigenvalue weighted by Crippen LogP contribution is 2.19. The summed E-state index contributed by atoms with van der Waals surface area (Å²) in [7, 11) is 0. The van der Waals surface area contributed by atoms with Crippen LogP contribution in [0.5, 0.6) is 0 Å². The molecule has 0 bridgehead atoms. The minimum atomic E-state index is -0.330. The van der Waals surface area contributed by atoms with Gasteiger partial charge in [-0.15, -0.1) is 11.8 Å². The number of nitrogens with one attached hydrogen (secondary N) is 1. The van der Waals surface area contributed by atoms with Crippen LogP contribution < -0.4 is 5.32 Å². The molecular formula is C16H15F2NOS. The van der Waals surface area contributed by atoms with E-state index in [1.165, 1.54) is 36.4 Å². The number of hydrogen-bond donors (Lipinski definition) is 1. The number of anilines is 1. The number of rotatable bonds is 6. The van der Waals surface area contributed by atoms with Crippen molar-refractivity contribution in [2.75, 3.05) is 11.1 Å². The topological polar surface area (TPSA) is 29.1 Å². The fourth-order valence-electron chi connectivity index (χ4n) is 1.71. The molecule has 0 aliphatic carbocycles. The molecule has 0 heterocycles. The number of hydrogen-bond acceptors (Lipinski definition) is 2. The van der Waals surface area contributed by atoms with Crippen LogP contribution in [0.2, 0.25) is 0 Å². The van der Waals surface area contributed by atoms with Gasteiger partial charge in [-0.1, -0.05) is 0 Å². The molecule has 0 aromatic heterocycles. The highest BCUT2D eigenvalue weighted by atomic mass is 32.2. The Morgan fingerprint density at radius 2 is 1.52 bits per heavy atom. The van der Waals surface area contributed by atoms with Gasteiger partial charge in [-0.05, 0) is 60.7 Å². The molecule has 1 N–H and O–H groups in total. The third-order valence-corrected chi connectivity index (χ3v) is 3.86. The summed E-state index contributed by atoms with van der Waals surface area (Å²) < 4.78 is 25.4. The van der Waals surface area contributed by atoms with E-state index in [9.17, 15) is 13.6 Å². The van der Waals surface area contributed by atoms with Gasteiger partial charge in [0.1, 0.15) is 11.6 Å². The van der Waals surface area contributed by atoms with Gasteiger partial charge >= 0.3 is 0 Å². The summed E-state index contributed by atoms with van der Waals surface area (Å²) in [6.07, 6.45) is 1.11. The molecule has 0 atom stereocenters. The number of thioether (sulfide) groups is 1. The molecule has 5 heteroatoms. The lowest BCUT2D eigenvalue weighted by atomic mass is 10.3. The smallest absolute Gasteiger partial charge is 0.224 e. The van der Waals surface area contributed by atoms with Crippen molar-refractivity contribution in [2.45, 2.75) is 17.7 Å². The van der Waals surface area contributed by atoms with Crippen LogP contribution >= 0.6 is 11.8 Å². The van der Waals surface area contributed by atoms with Gasteiger partial charge in [-0.3, -0.25) is 4.79 Å². The second-order valence-electron chi connectivity index (χ2n) is 4.46. The number of halogens is 2. The van der Waals surface area contributed by atoms with Gasteiger partial charge in [0.15, 0.2) is 0 Å². The molecule has 0 saturated carbocycles. The molecule has 2 rings (SSSR count). The summed E-state index contributed by atoms with van der Waals surface area (Å²) >= 11 is 1.58. The first kappa shape index (κ1) is 15.5. The fourth-order valence-corrected chi connectivity index (χ4v) is 2.56. The van der Waals surface area contributed by atoms with E-state index in [2.05, 4.69) is 5.32 Å². The fraction of sp³-hybridized carbons (Fsp3) is 0.188. The van der Waals surface area contributed by atoms with Gasteiger partial charge in [0.05, 0.1) is 0 Å². The van der Waals surface area contributed by atoms with Crippen molar-refractivity contribution in [3.05, 3.63) is 60.2 Å². The van der Waals surface area contributed by atoms with E-state index >= 15 is 0 Å².